The standard InChI is InChI=1S/C14H12F3N3O3S/c1-23-5-7-4-10(21)20-14(18-7)24-6-11(22)19-9-3-2-8(15)12(16)13(9)17/h2-4H,5-6H2,1H3,(H,19,22)(H,18,20,21). The van der Waals surface area contributed by atoms with Crippen molar-refractivity contribution < 1.29 is 22.7 Å². The van der Waals surface area contributed by atoms with Gasteiger partial charge in [-0.15, -0.1) is 0 Å². The molecule has 10 heteroatoms. The Morgan fingerprint density at radius 2 is 2.08 bits per heavy atom. The van der Waals surface area contributed by atoms with Gasteiger partial charge in [-0.3, -0.25) is 9.59 Å². The zero-order chi connectivity index (χ0) is 17.7. The minimum absolute atomic E-state index is 0.129. The molecule has 6 nitrogen and oxygen atoms in total. The Morgan fingerprint density at radius 3 is 2.79 bits per heavy atom. The molecule has 0 atom stereocenters. The molecule has 0 radical (unpaired) electrons. The second-order valence-electron chi connectivity index (χ2n) is 4.53. The molecule has 0 aliphatic rings. The van der Waals surface area contributed by atoms with E-state index in [1.54, 1.807) is 0 Å². The minimum Gasteiger partial charge on any atom is -0.378 e. The summed E-state index contributed by atoms with van der Waals surface area (Å²) in [6.07, 6.45) is 0. The Morgan fingerprint density at radius 1 is 1.33 bits per heavy atom. The van der Waals surface area contributed by atoms with Gasteiger partial charge in [-0.05, 0) is 12.1 Å². The molecule has 0 aliphatic heterocycles. The topological polar surface area (TPSA) is 84.1 Å². The molecule has 2 N–H and O–H groups in total. The maximum atomic E-state index is 13.5. The molecule has 128 valence electrons. The van der Waals surface area contributed by atoms with Gasteiger partial charge in [0.1, 0.15) is 0 Å². The SMILES string of the molecule is COCc1cc(=O)[nH]c(SCC(=O)Nc2ccc(F)c(F)c2F)n1. The van der Waals surface area contributed by atoms with E-state index >= 15 is 0 Å². The van der Waals surface area contributed by atoms with Crippen molar-refractivity contribution in [3.05, 3.63) is 51.7 Å². The van der Waals surface area contributed by atoms with Crippen molar-refractivity contribution in [3.63, 3.8) is 0 Å². The number of aromatic amines is 1. The molecule has 0 fully saturated rings. The van der Waals surface area contributed by atoms with Crippen LogP contribution < -0.4 is 10.9 Å². The number of carbonyl (C=O) groups is 1. The highest BCUT2D eigenvalue weighted by atomic mass is 32.2. The predicted octanol–water partition coefficient (Wildman–Crippen LogP) is 2.06. The van der Waals surface area contributed by atoms with Crippen LogP contribution in [0, 0.1) is 17.5 Å². The highest BCUT2D eigenvalue weighted by Gasteiger charge is 2.15. The molecule has 0 unspecified atom stereocenters. The summed E-state index contributed by atoms with van der Waals surface area (Å²) in [5.74, 6) is -5.40. The third-order valence-corrected chi connectivity index (χ3v) is 3.59. The fourth-order valence-corrected chi connectivity index (χ4v) is 2.41. The minimum atomic E-state index is -1.67. The molecule has 24 heavy (non-hydrogen) atoms. The summed E-state index contributed by atoms with van der Waals surface area (Å²) in [5, 5.41) is 2.29. The number of ether oxygens (including phenoxy) is 1. The van der Waals surface area contributed by atoms with E-state index in [-0.39, 0.29) is 17.5 Å². The lowest BCUT2D eigenvalue weighted by molar-refractivity contribution is -0.113. The van der Waals surface area contributed by atoms with Gasteiger partial charge in [-0.2, -0.15) is 0 Å². The first-order valence-electron chi connectivity index (χ1n) is 6.56. The van der Waals surface area contributed by atoms with Crippen LogP contribution in [0.15, 0.2) is 28.2 Å². The molecule has 0 saturated heterocycles. The van der Waals surface area contributed by atoms with Gasteiger partial charge >= 0.3 is 0 Å². The average Bonchev–Trinajstić information content (AvgIpc) is 2.53. The second-order valence-corrected chi connectivity index (χ2v) is 5.50. The maximum Gasteiger partial charge on any atom is 0.251 e. The molecule has 1 aromatic carbocycles. The van der Waals surface area contributed by atoms with Gasteiger partial charge in [-0.1, -0.05) is 11.8 Å². The van der Waals surface area contributed by atoms with Gasteiger partial charge < -0.3 is 15.0 Å². The largest absolute Gasteiger partial charge is 0.378 e. The number of nitrogens with zero attached hydrogens (tertiary/aromatic N) is 1. The summed E-state index contributed by atoms with van der Waals surface area (Å²) in [7, 11) is 1.44. The number of nitrogens with one attached hydrogen (secondary N) is 2. The fraction of sp³-hybridized carbons (Fsp3) is 0.214. The van der Waals surface area contributed by atoms with Crippen LogP contribution in [-0.4, -0.2) is 28.7 Å². The predicted molar refractivity (Wildman–Crippen MR) is 81.2 cm³/mol. The van der Waals surface area contributed by atoms with Crippen molar-refractivity contribution >= 4 is 23.4 Å². The number of halogens is 3. The van der Waals surface area contributed by atoms with Crippen LogP contribution in [0.25, 0.3) is 0 Å². The fourth-order valence-electron chi connectivity index (χ4n) is 1.72. The molecule has 0 bridgehead atoms. The molecule has 0 aliphatic carbocycles. The van der Waals surface area contributed by atoms with Gasteiger partial charge in [0.05, 0.1) is 23.7 Å². The maximum absolute atomic E-state index is 13.5. The average molecular weight is 359 g/mol. The van der Waals surface area contributed by atoms with Gasteiger partial charge in [0.25, 0.3) is 5.56 Å². The molecule has 1 heterocycles. The summed E-state index contributed by atoms with van der Waals surface area (Å²) in [6, 6.07) is 2.87. The van der Waals surface area contributed by atoms with Crippen molar-refractivity contribution in [1.29, 1.82) is 0 Å². The first-order chi connectivity index (χ1) is 11.4. The zero-order valence-electron chi connectivity index (χ0n) is 12.4. The second kappa shape index (κ2) is 7.97. The smallest absolute Gasteiger partial charge is 0.251 e. The van der Waals surface area contributed by atoms with E-state index < -0.39 is 34.6 Å². The van der Waals surface area contributed by atoms with Gasteiger partial charge in [-0.25, -0.2) is 18.2 Å². The van der Waals surface area contributed by atoms with Gasteiger partial charge in [0, 0.05) is 13.2 Å². The van der Waals surface area contributed by atoms with Crippen LogP contribution in [-0.2, 0) is 16.1 Å². The van der Waals surface area contributed by atoms with Crippen LogP contribution in [0.3, 0.4) is 0 Å². The number of hydrogen-bond donors (Lipinski definition) is 2. The van der Waals surface area contributed by atoms with E-state index in [9.17, 15) is 22.8 Å². The van der Waals surface area contributed by atoms with E-state index in [1.807, 2.05) is 0 Å². The van der Waals surface area contributed by atoms with Crippen LogP contribution in [0.5, 0.6) is 0 Å². The summed E-state index contributed by atoms with van der Waals surface area (Å²) < 4.78 is 44.2. The van der Waals surface area contributed by atoms with Crippen molar-refractivity contribution in [2.75, 3.05) is 18.2 Å². The molecular formula is C14H12F3N3O3S. The number of carbonyl (C=O) groups excluding carboxylic acids is 1. The van der Waals surface area contributed by atoms with E-state index in [0.29, 0.717) is 11.8 Å². The van der Waals surface area contributed by atoms with Crippen LogP contribution in [0.1, 0.15) is 5.69 Å². The summed E-state index contributed by atoms with van der Waals surface area (Å²) >= 11 is 0.891. The summed E-state index contributed by atoms with van der Waals surface area (Å²) in [4.78, 5) is 29.7. The molecule has 0 saturated carbocycles. The number of H-pyrrole nitrogens is 1. The highest BCUT2D eigenvalue weighted by molar-refractivity contribution is 7.99. The highest BCUT2D eigenvalue weighted by Crippen LogP contribution is 2.20. The molecular weight excluding hydrogens is 347 g/mol. The molecule has 2 aromatic rings. The number of rotatable bonds is 6. The Bertz CT molecular complexity index is 814. The number of methoxy groups -OCH3 is 1. The summed E-state index contributed by atoms with van der Waals surface area (Å²) in [5.41, 5.74) is -0.503. The number of anilines is 1. The lowest BCUT2D eigenvalue weighted by Gasteiger charge is -2.07. The Balaban J connectivity index is 2.01. The normalized spacial score (nSPS) is 10.7. The quantitative estimate of drug-likeness (QED) is 0.469. The number of aromatic nitrogens is 2. The van der Waals surface area contributed by atoms with E-state index in [1.165, 1.54) is 13.2 Å². The first-order valence-corrected chi connectivity index (χ1v) is 7.54. The number of benzene rings is 1. The van der Waals surface area contributed by atoms with Crippen molar-refractivity contribution in [1.82, 2.24) is 9.97 Å². The molecule has 0 spiro atoms. The van der Waals surface area contributed by atoms with Crippen molar-refractivity contribution in [2.24, 2.45) is 0 Å². The summed E-state index contributed by atoms with van der Waals surface area (Å²) in [6.45, 7) is 0.129. The zero-order valence-corrected chi connectivity index (χ0v) is 13.2. The Labute approximate surface area is 138 Å². The van der Waals surface area contributed by atoms with Crippen LogP contribution in [0.4, 0.5) is 18.9 Å². The number of amides is 1. The van der Waals surface area contributed by atoms with Crippen molar-refractivity contribution in [3.8, 4) is 0 Å². The van der Waals surface area contributed by atoms with Gasteiger partial charge in [0.15, 0.2) is 22.6 Å². The first kappa shape index (κ1) is 18.0. The van der Waals surface area contributed by atoms with Crippen LogP contribution >= 0.6 is 11.8 Å². The number of thioether (sulfide) groups is 1. The molecule has 1 aromatic heterocycles. The Kier molecular flexibility index (Phi) is 5.99. The third-order valence-electron chi connectivity index (χ3n) is 2.71. The lowest BCUT2D eigenvalue weighted by Crippen LogP contribution is -2.17. The molecule has 1 amide bonds. The van der Waals surface area contributed by atoms with E-state index in [4.69, 9.17) is 4.74 Å². The van der Waals surface area contributed by atoms with E-state index in [0.717, 1.165) is 17.8 Å². The third kappa shape index (κ3) is 4.59. The van der Waals surface area contributed by atoms with Gasteiger partial charge in [0.2, 0.25) is 5.91 Å². The lowest BCUT2D eigenvalue weighted by atomic mass is 10.3. The van der Waals surface area contributed by atoms with E-state index in [2.05, 4.69) is 15.3 Å². The van der Waals surface area contributed by atoms with Crippen LogP contribution in [0.2, 0.25) is 0 Å². The number of hydrogen-bond acceptors (Lipinski definition) is 5. The molecule has 2 rings (SSSR count). The van der Waals surface area contributed by atoms with Crippen molar-refractivity contribution in [2.45, 2.75) is 11.8 Å². The Hall–Kier alpha value is -2.33. The monoisotopic (exact) mass is 359 g/mol.